The molecule has 1 aromatic carbocycles. The number of pyridine rings is 1. The van der Waals surface area contributed by atoms with Crippen LogP contribution in [0.15, 0.2) is 54.7 Å². The molecule has 0 radical (unpaired) electrons. The average molecular weight is 349 g/mol. The maximum atomic E-state index is 12.1. The van der Waals surface area contributed by atoms with Crippen LogP contribution in [-0.4, -0.2) is 53.4 Å². The Morgan fingerprint density at radius 1 is 1.12 bits per heavy atom. The highest BCUT2D eigenvalue weighted by atomic mass is 16.2. The zero-order chi connectivity index (χ0) is 18.2. The van der Waals surface area contributed by atoms with Crippen molar-refractivity contribution in [2.45, 2.75) is 12.6 Å². The summed E-state index contributed by atoms with van der Waals surface area (Å²) < 4.78 is 0. The number of carbonyl (C=O) groups excluding carboxylic acids is 1. The molecule has 6 nitrogen and oxygen atoms in total. The van der Waals surface area contributed by atoms with Crippen molar-refractivity contribution in [3.8, 4) is 6.07 Å². The second-order valence-corrected chi connectivity index (χ2v) is 6.35. The number of hydrogen-bond donors (Lipinski definition) is 1. The molecule has 1 fully saturated rings. The highest BCUT2D eigenvalue weighted by Gasteiger charge is 2.25. The Hall–Kier alpha value is -2.75. The summed E-state index contributed by atoms with van der Waals surface area (Å²) in [6.07, 6.45) is 1.72. The second kappa shape index (κ2) is 9.09. The van der Waals surface area contributed by atoms with Crippen molar-refractivity contribution in [3.63, 3.8) is 0 Å². The predicted molar refractivity (Wildman–Crippen MR) is 98.9 cm³/mol. The van der Waals surface area contributed by atoms with Gasteiger partial charge in [0.25, 0.3) is 0 Å². The van der Waals surface area contributed by atoms with E-state index in [1.54, 1.807) is 6.20 Å². The van der Waals surface area contributed by atoms with Crippen LogP contribution in [0.4, 0.5) is 0 Å². The normalized spacial score (nSPS) is 16.6. The van der Waals surface area contributed by atoms with Crippen molar-refractivity contribution >= 4 is 5.91 Å². The Labute approximate surface area is 154 Å². The maximum absolute atomic E-state index is 12.1. The van der Waals surface area contributed by atoms with Gasteiger partial charge in [-0.05, 0) is 17.7 Å². The highest BCUT2D eigenvalue weighted by Crippen LogP contribution is 2.21. The van der Waals surface area contributed by atoms with Gasteiger partial charge in [0, 0.05) is 32.4 Å². The minimum absolute atomic E-state index is 0.00370. The zero-order valence-corrected chi connectivity index (χ0v) is 14.7. The molecule has 0 bridgehead atoms. The van der Waals surface area contributed by atoms with Crippen molar-refractivity contribution in [1.82, 2.24) is 20.1 Å². The van der Waals surface area contributed by atoms with Crippen molar-refractivity contribution in [3.05, 3.63) is 66.0 Å². The molecule has 1 unspecified atom stereocenters. The van der Waals surface area contributed by atoms with Crippen molar-refractivity contribution in [2.24, 2.45) is 0 Å². The summed E-state index contributed by atoms with van der Waals surface area (Å²) in [6, 6.07) is 17.7. The lowest BCUT2D eigenvalue weighted by molar-refractivity contribution is -0.122. The fourth-order valence-corrected chi connectivity index (χ4v) is 3.13. The van der Waals surface area contributed by atoms with Crippen LogP contribution < -0.4 is 5.32 Å². The van der Waals surface area contributed by atoms with Gasteiger partial charge in [0.2, 0.25) is 5.91 Å². The van der Waals surface area contributed by atoms with E-state index in [-0.39, 0.29) is 11.9 Å². The molecule has 1 aliphatic heterocycles. The summed E-state index contributed by atoms with van der Waals surface area (Å²) in [5.41, 5.74) is 1.88. The molecular formula is C20H23N5O. The molecule has 3 rings (SSSR count). The smallest absolute Gasteiger partial charge is 0.234 e. The number of hydrogen-bond acceptors (Lipinski definition) is 5. The molecule has 1 saturated heterocycles. The minimum atomic E-state index is -0.226. The standard InChI is InChI=1S/C20H23N5O/c21-14-19(17-6-2-1-3-7-17)25-12-10-24(11-13-25)16-20(26)23-15-18-8-4-5-9-22-18/h1-9,19H,10-13,15-16H2,(H,23,26). The fraction of sp³-hybridized carbons (Fsp3) is 0.350. The van der Waals surface area contributed by atoms with E-state index in [1.807, 2.05) is 48.5 Å². The van der Waals surface area contributed by atoms with Gasteiger partial charge in [-0.15, -0.1) is 0 Å². The molecular weight excluding hydrogens is 326 g/mol. The number of rotatable bonds is 6. The van der Waals surface area contributed by atoms with Gasteiger partial charge in [0.1, 0.15) is 6.04 Å². The van der Waals surface area contributed by atoms with E-state index in [1.165, 1.54) is 0 Å². The fourth-order valence-electron chi connectivity index (χ4n) is 3.13. The number of nitrogens with zero attached hydrogens (tertiary/aromatic N) is 4. The predicted octanol–water partition coefficient (Wildman–Crippen LogP) is 1.58. The van der Waals surface area contributed by atoms with E-state index in [0.717, 1.165) is 37.4 Å². The van der Waals surface area contributed by atoms with Crippen LogP contribution in [-0.2, 0) is 11.3 Å². The molecule has 0 saturated carbocycles. The van der Waals surface area contributed by atoms with Gasteiger partial charge in [-0.1, -0.05) is 36.4 Å². The number of carbonyl (C=O) groups is 1. The van der Waals surface area contributed by atoms with Crippen molar-refractivity contribution < 1.29 is 4.79 Å². The Kier molecular flexibility index (Phi) is 6.31. The molecule has 0 spiro atoms. The molecule has 1 atom stereocenters. The number of nitrogens with one attached hydrogen (secondary N) is 1. The summed E-state index contributed by atoms with van der Waals surface area (Å²) in [5.74, 6) is 0.00370. The number of aromatic nitrogens is 1. The maximum Gasteiger partial charge on any atom is 0.234 e. The van der Waals surface area contributed by atoms with Crippen molar-refractivity contribution in [2.75, 3.05) is 32.7 Å². The monoisotopic (exact) mass is 349 g/mol. The van der Waals surface area contributed by atoms with Gasteiger partial charge in [-0.3, -0.25) is 19.6 Å². The van der Waals surface area contributed by atoms with Gasteiger partial charge in [-0.25, -0.2) is 0 Å². The van der Waals surface area contributed by atoms with Crippen LogP contribution in [0.25, 0.3) is 0 Å². The summed E-state index contributed by atoms with van der Waals surface area (Å²) >= 11 is 0. The van der Waals surface area contributed by atoms with E-state index in [4.69, 9.17) is 0 Å². The molecule has 1 amide bonds. The molecule has 134 valence electrons. The van der Waals surface area contributed by atoms with E-state index < -0.39 is 0 Å². The topological polar surface area (TPSA) is 72.3 Å². The second-order valence-electron chi connectivity index (χ2n) is 6.35. The summed E-state index contributed by atoms with van der Waals surface area (Å²) in [6.45, 7) is 3.94. The third-order valence-electron chi connectivity index (χ3n) is 4.57. The Balaban J connectivity index is 1.45. The summed E-state index contributed by atoms with van der Waals surface area (Å²) in [4.78, 5) is 20.6. The van der Waals surface area contributed by atoms with Crippen molar-refractivity contribution in [1.29, 1.82) is 5.26 Å². The first-order valence-corrected chi connectivity index (χ1v) is 8.84. The lowest BCUT2D eigenvalue weighted by Gasteiger charge is -2.36. The Morgan fingerprint density at radius 3 is 2.50 bits per heavy atom. The van der Waals surface area contributed by atoms with E-state index in [9.17, 15) is 10.1 Å². The van der Waals surface area contributed by atoms with Gasteiger partial charge in [0.05, 0.1) is 24.9 Å². The van der Waals surface area contributed by atoms with E-state index >= 15 is 0 Å². The zero-order valence-electron chi connectivity index (χ0n) is 14.7. The van der Waals surface area contributed by atoms with Crippen LogP contribution in [0.2, 0.25) is 0 Å². The number of piperazine rings is 1. The van der Waals surface area contributed by atoms with Gasteiger partial charge in [0.15, 0.2) is 0 Å². The summed E-state index contributed by atoms with van der Waals surface area (Å²) in [7, 11) is 0. The molecule has 0 aliphatic carbocycles. The third-order valence-corrected chi connectivity index (χ3v) is 4.57. The molecule has 6 heteroatoms. The van der Waals surface area contributed by atoms with Gasteiger partial charge < -0.3 is 5.32 Å². The number of nitriles is 1. The van der Waals surface area contributed by atoms with Crippen LogP contribution in [0, 0.1) is 11.3 Å². The highest BCUT2D eigenvalue weighted by molar-refractivity contribution is 5.77. The largest absolute Gasteiger partial charge is 0.349 e. The van der Waals surface area contributed by atoms with E-state index in [2.05, 4.69) is 26.2 Å². The van der Waals surface area contributed by atoms with Gasteiger partial charge >= 0.3 is 0 Å². The summed E-state index contributed by atoms with van der Waals surface area (Å²) in [5, 5.41) is 12.5. The lowest BCUT2D eigenvalue weighted by Crippen LogP contribution is -2.50. The van der Waals surface area contributed by atoms with Crippen LogP contribution >= 0.6 is 0 Å². The molecule has 2 aromatic rings. The first-order valence-electron chi connectivity index (χ1n) is 8.84. The minimum Gasteiger partial charge on any atom is -0.349 e. The average Bonchev–Trinajstić information content (AvgIpc) is 2.70. The first-order chi connectivity index (χ1) is 12.8. The molecule has 1 aliphatic rings. The molecule has 26 heavy (non-hydrogen) atoms. The molecule has 1 aromatic heterocycles. The number of amides is 1. The Bertz CT molecular complexity index is 736. The van der Waals surface area contributed by atoms with Crippen LogP contribution in [0.3, 0.4) is 0 Å². The van der Waals surface area contributed by atoms with E-state index in [0.29, 0.717) is 13.1 Å². The number of benzene rings is 1. The Morgan fingerprint density at radius 2 is 1.85 bits per heavy atom. The molecule has 1 N–H and O–H groups in total. The third kappa shape index (κ3) is 4.88. The first kappa shape index (κ1) is 18.1. The molecule has 2 heterocycles. The SMILES string of the molecule is N#CC(c1ccccc1)N1CCN(CC(=O)NCc2ccccn2)CC1. The van der Waals surface area contributed by atoms with Crippen LogP contribution in [0.5, 0.6) is 0 Å². The quantitative estimate of drug-likeness (QED) is 0.857. The lowest BCUT2D eigenvalue weighted by atomic mass is 10.1. The van der Waals surface area contributed by atoms with Crippen LogP contribution in [0.1, 0.15) is 17.3 Å². The van der Waals surface area contributed by atoms with Gasteiger partial charge in [-0.2, -0.15) is 5.26 Å².